The smallest absolute Gasteiger partial charge is 0.249 e. The Hall–Kier alpha value is -8.55. The number of fused-ring (bicyclic) bond motifs is 14. The van der Waals surface area contributed by atoms with Gasteiger partial charge in [0, 0.05) is 85.4 Å². The lowest BCUT2D eigenvalue weighted by atomic mass is 9.34. The standard InChI is InChI=1S/C70H48BN3S2/c1-70(2,3)45-38-53(43-20-6-4-7-21-43)68(54(39-45)44-22-8-5-9-23-44)74-61-40-46(72-57-29-15-10-24-48(57)49-25-11-16-30-58(49)72)34-35-55(61)71-56-36-37-64-66(52-28-14-19-33-63(52)75-64)69(56)76-65-42-47(41-62(74)67(65)71)73-59-31-17-12-26-50(59)51-27-13-18-32-60(51)73/h4-42H,1-3H3/i10D,11D,12D,13D,15D,16D,17D,18D,24D,25D,26D,27D,29D,30D,31D,32D. The lowest BCUT2D eigenvalue weighted by Crippen LogP contribution is -2.60. The lowest BCUT2D eigenvalue weighted by Gasteiger charge is -2.42. The topological polar surface area (TPSA) is 13.1 Å². The number of hydrogen-bond acceptors (Lipinski definition) is 3. The molecule has 358 valence electrons. The van der Waals surface area contributed by atoms with E-state index in [1.54, 1.807) is 27.7 Å². The van der Waals surface area contributed by atoms with Crippen molar-refractivity contribution in [1.82, 2.24) is 9.13 Å². The van der Waals surface area contributed by atoms with Gasteiger partial charge in [0.25, 0.3) is 0 Å². The molecule has 0 amide bonds. The summed E-state index contributed by atoms with van der Waals surface area (Å²) >= 11 is 3.23. The largest absolute Gasteiger partial charge is 0.310 e. The van der Waals surface area contributed by atoms with Crippen LogP contribution in [0.3, 0.4) is 0 Å². The molecule has 0 saturated carbocycles. The molecule has 11 aromatic carbocycles. The lowest BCUT2D eigenvalue weighted by molar-refractivity contribution is 0.591. The Morgan fingerprint density at radius 1 is 0.461 bits per heavy atom. The van der Waals surface area contributed by atoms with Gasteiger partial charge in [0.15, 0.2) is 0 Å². The molecule has 0 N–H and O–H groups in total. The van der Waals surface area contributed by atoms with Crippen molar-refractivity contribution in [3.8, 4) is 33.6 Å². The first-order valence-corrected chi connectivity index (χ1v) is 26.7. The molecule has 0 unspecified atom stereocenters. The fourth-order valence-corrected chi connectivity index (χ4v) is 14.4. The fraction of sp³-hybridized carbons (Fsp3) is 0.0571. The Bertz CT molecular complexity index is 5490. The molecular formula is C70H48BN3S2. The summed E-state index contributed by atoms with van der Waals surface area (Å²) in [5.41, 5.74) is 8.80. The van der Waals surface area contributed by atoms with Crippen molar-refractivity contribution in [3.63, 3.8) is 0 Å². The number of benzene rings is 11. The minimum atomic E-state index is -0.580. The van der Waals surface area contributed by atoms with Crippen molar-refractivity contribution in [2.75, 3.05) is 4.90 Å². The van der Waals surface area contributed by atoms with E-state index in [1.807, 2.05) is 78.9 Å². The molecule has 0 atom stereocenters. The maximum absolute atomic E-state index is 9.73. The molecule has 76 heavy (non-hydrogen) atoms. The summed E-state index contributed by atoms with van der Waals surface area (Å²) in [6.45, 7) is 5.89. The molecular weight excluding hydrogens is 958 g/mol. The Labute approximate surface area is 472 Å². The number of anilines is 3. The summed E-state index contributed by atoms with van der Waals surface area (Å²) < 4.78 is 154. The van der Waals surface area contributed by atoms with Crippen molar-refractivity contribution in [1.29, 1.82) is 0 Å². The van der Waals surface area contributed by atoms with Gasteiger partial charge in [-0.05, 0) is 106 Å². The molecule has 3 nitrogen and oxygen atoms in total. The maximum atomic E-state index is 9.73. The van der Waals surface area contributed by atoms with Gasteiger partial charge >= 0.3 is 0 Å². The van der Waals surface area contributed by atoms with Crippen LogP contribution in [0, 0.1) is 0 Å². The summed E-state index contributed by atoms with van der Waals surface area (Å²) in [4.78, 5) is 3.88. The first-order valence-electron chi connectivity index (χ1n) is 33.1. The zero-order valence-corrected chi connectivity index (χ0v) is 42.6. The molecule has 2 aliphatic rings. The van der Waals surface area contributed by atoms with Gasteiger partial charge in [-0.1, -0.05) is 202 Å². The molecule has 6 heteroatoms. The fourth-order valence-electron chi connectivity index (χ4n) is 11.8. The van der Waals surface area contributed by atoms with Crippen LogP contribution in [0.5, 0.6) is 0 Å². The van der Waals surface area contributed by atoms with E-state index in [2.05, 4.69) is 86.3 Å². The third-order valence-corrected chi connectivity index (χ3v) is 17.5. The summed E-state index contributed by atoms with van der Waals surface area (Å²) in [7, 11) is 0. The van der Waals surface area contributed by atoms with Crippen LogP contribution in [0.15, 0.2) is 246 Å². The Morgan fingerprint density at radius 2 is 0.974 bits per heavy atom. The zero-order chi connectivity index (χ0) is 64.3. The number of rotatable bonds is 5. The van der Waals surface area contributed by atoms with Gasteiger partial charge < -0.3 is 14.0 Å². The van der Waals surface area contributed by atoms with E-state index >= 15 is 0 Å². The second-order valence-electron chi connectivity index (χ2n) is 20.4. The van der Waals surface area contributed by atoms with Gasteiger partial charge in [-0.2, -0.15) is 0 Å². The van der Waals surface area contributed by atoms with Crippen LogP contribution in [0.25, 0.3) is 97.4 Å². The van der Waals surface area contributed by atoms with Gasteiger partial charge in [-0.15, -0.1) is 11.3 Å². The van der Waals surface area contributed by atoms with E-state index in [9.17, 15) is 11.0 Å². The van der Waals surface area contributed by atoms with Crippen molar-refractivity contribution >= 4 is 127 Å². The minimum Gasteiger partial charge on any atom is -0.310 e. The summed E-state index contributed by atoms with van der Waals surface area (Å²) in [6.07, 6.45) is 0. The molecule has 3 aromatic heterocycles. The summed E-state index contributed by atoms with van der Waals surface area (Å²) in [5.74, 6) is 0. The van der Waals surface area contributed by atoms with Crippen LogP contribution < -0.4 is 21.3 Å². The van der Waals surface area contributed by atoms with Gasteiger partial charge in [0.05, 0.1) is 49.7 Å². The highest BCUT2D eigenvalue weighted by molar-refractivity contribution is 8.00. The number of thiophene rings is 1. The maximum Gasteiger partial charge on any atom is 0.249 e. The predicted octanol–water partition coefficient (Wildman–Crippen LogP) is 17.6. The van der Waals surface area contributed by atoms with Crippen molar-refractivity contribution in [3.05, 3.63) is 242 Å². The van der Waals surface area contributed by atoms with Crippen molar-refractivity contribution in [2.24, 2.45) is 0 Å². The number of hydrogen-bond donors (Lipinski definition) is 0. The van der Waals surface area contributed by atoms with Crippen LogP contribution in [0.4, 0.5) is 17.1 Å². The minimum absolute atomic E-state index is 0.0517. The van der Waals surface area contributed by atoms with Gasteiger partial charge in [-0.25, -0.2) is 0 Å². The number of para-hydroxylation sites is 4. The highest BCUT2D eigenvalue weighted by Gasteiger charge is 2.44. The molecule has 0 bridgehead atoms. The Kier molecular flexibility index (Phi) is 6.66. The SMILES string of the molecule is [2H]c1c([2H])c([2H])c2c(c1[2H])c1c([2H])c([2H])c([2H])c([2H])c1n2-c1ccc2c(c1)N(c1c(-c3ccccc3)cc(C(C)(C)C)cc1-c1ccccc1)c1cc(-n3c4c([2H])c([2H])c([2H])c([2H])c4c4c([2H])c([2H])c([2H])c([2H])c43)cc3c1B2c1ccc2sc4ccccc4c2c1S3. The monoisotopic (exact) mass is 1020 g/mol. The third kappa shape index (κ3) is 6.38. The third-order valence-electron chi connectivity index (χ3n) is 15.2. The van der Waals surface area contributed by atoms with Gasteiger partial charge in [0.1, 0.15) is 0 Å². The van der Waals surface area contributed by atoms with Crippen LogP contribution >= 0.6 is 23.1 Å². The molecule has 0 aliphatic carbocycles. The van der Waals surface area contributed by atoms with Gasteiger partial charge in [-0.3, -0.25) is 0 Å². The molecule has 0 radical (unpaired) electrons. The molecule has 0 spiro atoms. The molecule has 2 aliphatic heterocycles. The highest BCUT2D eigenvalue weighted by atomic mass is 32.2. The number of nitrogens with zero attached hydrogens (tertiary/aromatic N) is 3. The van der Waals surface area contributed by atoms with E-state index in [0.29, 0.717) is 28.4 Å². The van der Waals surface area contributed by atoms with Crippen LogP contribution in [-0.2, 0) is 5.41 Å². The first-order chi connectivity index (χ1) is 44.0. The molecule has 0 saturated heterocycles. The Morgan fingerprint density at radius 3 is 1.55 bits per heavy atom. The molecule has 16 rings (SSSR count). The molecule has 14 aromatic rings. The van der Waals surface area contributed by atoms with E-state index in [1.165, 1.54) is 4.57 Å². The van der Waals surface area contributed by atoms with Crippen molar-refractivity contribution < 1.29 is 21.9 Å². The van der Waals surface area contributed by atoms with E-state index in [-0.39, 0.29) is 43.6 Å². The summed E-state index contributed by atoms with van der Waals surface area (Å²) in [5, 5.41) is 1.77. The van der Waals surface area contributed by atoms with E-state index in [4.69, 9.17) is 11.0 Å². The van der Waals surface area contributed by atoms with Crippen LogP contribution in [0.2, 0.25) is 0 Å². The average molecular weight is 1020 g/mol. The van der Waals surface area contributed by atoms with E-state index < -0.39 is 109 Å². The first kappa shape index (κ1) is 30.7. The quantitative estimate of drug-likeness (QED) is 0.159. The van der Waals surface area contributed by atoms with E-state index in [0.717, 1.165) is 74.2 Å². The molecule has 5 heterocycles. The second kappa shape index (κ2) is 16.5. The Balaban J connectivity index is 1.14. The van der Waals surface area contributed by atoms with Gasteiger partial charge in [0.2, 0.25) is 6.71 Å². The number of aromatic nitrogens is 2. The highest BCUT2D eigenvalue weighted by Crippen LogP contribution is 2.53. The summed E-state index contributed by atoms with van der Waals surface area (Å²) in [6, 6.07) is 38.5. The normalized spacial score (nSPS) is 16.0. The zero-order valence-electron chi connectivity index (χ0n) is 57.0. The predicted molar refractivity (Wildman–Crippen MR) is 327 cm³/mol. The average Bonchev–Trinajstić information content (AvgIpc) is 0.877. The molecule has 0 fully saturated rings. The van der Waals surface area contributed by atoms with Crippen LogP contribution in [-0.4, -0.2) is 15.8 Å². The van der Waals surface area contributed by atoms with Crippen LogP contribution in [0.1, 0.15) is 48.3 Å². The second-order valence-corrected chi connectivity index (χ2v) is 22.5. The van der Waals surface area contributed by atoms with Crippen molar-refractivity contribution in [2.45, 2.75) is 36.0 Å².